The summed E-state index contributed by atoms with van der Waals surface area (Å²) in [4.78, 5) is 14.3. The van der Waals surface area contributed by atoms with Crippen molar-refractivity contribution in [3.05, 3.63) is 45.4 Å². The summed E-state index contributed by atoms with van der Waals surface area (Å²) in [6.45, 7) is 0.208. The smallest absolute Gasteiger partial charge is 0.238 e. The molecule has 4 rings (SSSR count). The molecular weight excluding hydrogens is 430 g/mol. The maximum atomic E-state index is 12.5. The summed E-state index contributed by atoms with van der Waals surface area (Å²) in [5.74, 6) is 2.39. The Morgan fingerprint density at radius 2 is 2.04 bits per heavy atom. The van der Waals surface area contributed by atoms with E-state index in [1.165, 1.54) is 0 Å². The van der Waals surface area contributed by atoms with E-state index in [4.69, 9.17) is 25.8 Å². The quantitative estimate of drug-likeness (QED) is 0.694. The lowest BCUT2D eigenvalue weighted by Gasteiger charge is -2.25. The summed E-state index contributed by atoms with van der Waals surface area (Å²) in [7, 11) is 1.56. The van der Waals surface area contributed by atoms with Gasteiger partial charge in [-0.3, -0.25) is 9.69 Å². The predicted octanol–water partition coefficient (Wildman–Crippen LogP) is 4.62. The van der Waals surface area contributed by atoms with E-state index in [0.717, 1.165) is 15.7 Å². The number of hydrogen-bond acceptors (Lipinski definition) is 5. The zero-order valence-electron chi connectivity index (χ0n) is 13.1. The summed E-state index contributed by atoms with van der Waals surface area (Å²) < 4.78 is 16.9. The molecule has 1 unspecified atom stereocenters. The molecule has 5 nitrogen and oxygen atoms in total. The van der Waals surface area contributed by atoms with Gasteiger partial charge in [-0.2, -0.15) is 0 Å². The Bertz CT molecular complexity index is 863. The number of amides is 1. The number of rotatable bonds is 3. The first-order valence-corrected chi connectivity index (χ1v) is 9.66. The Morgan fingerprint density at radius 3 is 2.76 bits per heavy atom. The average Bonchev–Trinajstić information content (AvgIpc) is 3.19. The van der Waals surface area contributed by atoms with E-state index >= 15 is 0 Å². The molecule has 1 amide bonds. The Labute approximate surface area is 162 Å². The molecule has 0 radical (unpaired) electrons. The molecular formula is C17H13BrClNO4S. The SMILES string of the molecule is COc1ccc(N2C(=O)CSC2c2cc3c(cc2Br)OCO3)cc1Cl. The molecule has 2 aliphatic rings. The number of benzene rings is 2. The fourth-order valence-electron chi connectivity index (χ4n) is 2.86. The highest BCUT2D eigenvalue weighted by atomic mass is 79.9. The predicted molar refractivity (Wildman–Crippen MR) is 101 cm³/mol. The van der Waals surface area contributed by atoms with Crippen molar-refractivity contribution in [1.29, 1.82) is 0 Å². The second kappa shape index (κ2) is 6.63. The summed E-state index contributed by atoms with van der Waals surface area (Å²) in [6, 6.07) is 9.14. The Kier molecular flexibility index (Phi) is 4.47. The summed E-state index contributed by atoms with van der Waals surface area (Å²) >= 11 is 11.4. The van der Waals surface area contributed by atoms with Gasteiger partial charge in [0, 0.05) is 15.7 Å². The minimum absolute atomic E-state index is 0.0285. The molecule has 0 spiro atoms. The van der Waals surface area contributed by atoms with Gasteiger partial charge >= 0.3 is 0 Å². The van der Waals surface area contributed by atoms with Crippen LogP contribution in [0.2, 0.25) is 5.02 Å². The first-order chi connectivity index (χ1) is 12.1. The lowest BCUT2D eigenvalue weighted by Crippen LogP contribution is -2.28. The number of carbonyl (C=O) groups excluding carboxylic acids is 1. The molecule has 1 atom stereocenters. The largest absolute Gasteiger partial charge is 0.495 e. The van der Waals surface area contributed by atoms with Gasteiger partial charge in [-0.25, -0.2) is 0 Å². The molecule has 0 saturated carbocycles. The molecule has 0 N–H and O–H groups in total. The fraction of sp³-hybridized carbons (Fsp3) is 0.235. The highest BCUT2D eigenvalue weighted by Gasteiger charge is 2.36. The first kappa shape index (κ1) is 16.9. The van der Waals surface area contributed by atoms with Crippen LogP contribution in [0.3, 0.4) is 0 Å². The standard InChI is InChI=1S/C17H13BrClNO4S/c1-22-13-3-2-9(4-12(13)19)20-16(21)7-25-17(20)10-5-14-15(6-11(10)18)24-8-23-14/h2-6,17H,7-8H2,1H3. The molecule has 0 aromatic heterocycles. The van der Waals surface area contributed by atoms with Crippen molar-refractivity contribution in [3.63, 3.8) is 0 Å². The number of anilines is 1. The third-order valence-electron chi connectivity index (χ3n) is 4.04. The summed E-state index contributed by atoms with van der Waals surface area (Å²) in [6.07, 6.45) is 0. The minimum atomic E-state index is -0.180. The molecule has 1 saturated heterocycles. The number of ether oxygens (including phenoxy) is 3. The van der Waals surface area contributed by atoms with Gasteiger partial charge in [0.25, 0.3) is 0 Å². The molecule has 2 aliphatic heterocycles. The summed E-state index contributed by atoms with van der Waals surface area (Å²) in [5, 5.41) is 0.286. The lowest BCUT2D eigenvalue weighted by molar-refractivity contribution is -0.115. The molecule has 0 aliphatic carbocycles. The molecule has 2 aromatic rings. The zero-order valence-corrected chi connectivity index (χ0v) is 16.3. The number of hydrogen-bond donors (Lipinski definition) is 0. The van der Waals surface area contributed by atoms with Crippen molar-refractivity contribution < 1.29 is 19.0 Å². The van der Waals surface area contributed by atoms with E-state index in [1.807, 2.05) is 18.2 Å². The molecule has 2 heterocycles. The van der Waals surface area contributed by atoms with Crippen LogP contribution in [0.15, 0.2) is 34.8 Å². The first-order valence-electron chi connectivity index (χ1n) is 7.44. The molecule has 8 heteroatoms. The topological polar surface area (TPSA) is 48.0 Å². The number of nitrogens with zero attached hydrogens (tertiary/aromatic N) is 1. The molecule has 130 valence electrons. The van der Waals surface area contributed by atoms with E-state index in [1.54, 1.807) is 35.9 Å². The van der Waals surface area contributed by atoms with Crippen LogP contribution in [0, 0.1) is 0 Å². The van der Waals surface area contributed by atoms with Crippen molar-refractivity contribution in [3.8, 4) is 17.2 Å². The van der Waals surface area contributed by atoms with E-state index in [0.29, 0.717) is 28.0 Å². The highest BCUT2D eigenvalue weighted by molar-refractivity contribution is 9.10. The van der Waals surface area contributed by atoms with E-state index in [2.05, 4.69) is 15.9 Å². The molecule has 0 bridgehead atoms. The van der Waals surface area contributed by atoms with Gasteiger partial charge in [0.1, 0.15) is 11.1 Å². The third-order valence-corrected chi connectivity index (χ3v) is 6.22. The molecule has 25 heavy (non-hydrogen) atoms. The number of fused-ring (bicyclic) bond motifs is 1. The Hall–Kier alpha value is -1.57. The zero-order chi connectivity index (χ0) is 17.6. The number of methoxy groups -OCH3 is 1. The fourth-order valence-corrected chi connectivity index (χ4v) is 5.01. The normalized spacial score (nSPS) is 18.8. The maximum Gasteiger partial charge on any atom is 0.238 e. The van der Waals surface area contributed by atoms with Gasteiger partial charge < -0.3 is 14.2 Å². The number of carbonyl (C=O) groups is 1. The van der Waals surface area contributed by atoms with Crippen molar-refractivity contribution in [2.45, 2.75) is 5.37 Å². The van der Waals surface area contributed by atoms with Crippen LogP contribution < -0.4 is 19.1 Å². The highest BCUT2D eigenvalue weighted by Crippen LogP contribution is 2.48. The maximum absolute atomic E-state index is 12.5. The van der Waals surface area contributed by atoms with Crippen molar-refractivity contribution in [2.24, 2.45) is 0 Å². The van der Waals surface area contributed by atoms with Gasteiger partial charge in [0.05, 0.1) is 17.9 Å². The van der Waals surface area contributed by atoms with E-state index < -0.39 is 0 Å². The van der Waals surface area contributed by atoms with Crippen molar-refractivity contribution in [1.82, 2.24) is 0 Å². The van der Waals surface area contributed by atoms with Crippen molar-refractivity contribution >= 4 is 50.9 Å². The third kappa shape index (κ3) is 2.94. The van der Waals surface area contributed by atoms with Crippen LogP contribution >= 0.6 is 39.3 Å². The van der Waals surface area contributed by atoms with Crippen LogP contribution in [-0.4, -0.2) is 25.6 Å². The van der Waals surface area contributed by atoms with Crippen molar-refractivity contribution in [2.75, 3.05) is 24.6 Å². The Morgan fingerprint density at radius 1 is 1.28 bits per heavy atom. The van der Waals surface area contributed by atoms with Gasteiger partial charge in [-0.05, 0) is 30.3 Å². The monoisotopic (exact) mass is 441 g/mol. The second-order valence-electron chi connectivity index (χ2n) is 5.47. The van der Waals surface area contributed by atoms with Crippen LogP contribution in [0.1, 0.15) is 10.9 Å². The van der Waals surface area contributed by atoms with Gasteiger partial charge in [-0.1, -0.05) is 27.5 Å². The molecule has 1 fully saturated rings. The number of halogens is 2. The van der Waals surface area contributed by atoms with E-state index in [9.17, 15) is 4.79 Å². The van der Waals surface area contributed by atoms with Crippen LogP contribution in [-0.2, 0) is 4.79 Å². The van der Waals surface area contributed by atoms with E-state index in [-0.39, 0.29) is 18.1 Å². The second-order valence-corrected chi connectivity index (χ2v) is 7.80. The van der Waals surface area contributed by atoms with Gasteiger partial charge in [-0.15, -0.1) is 11.8 Å². The van der Waals surface area contributed by atoms with Crippen LogP contribution in [0.4, 0.5) is 5.69 Å². The van der Waals surface area contributed by atoms with Gasteiger partial charge in [0.15, 0.2) is 11.5 Å². The van der Waals surface area contributed by atoms with Crippen LogP contribution in [0.25, 0.3) is 0 Å². The van der Waals surface area contributed by atoms with Gasteiger partial charge in [0.2, 0.25) is 12.7 Å². The lowest BCUT2D eigenvalue weighted by atomic mass is 10.1. The summed E-state index contributed by atoms with van der Waals surface area (Å²) in [5.41, 5.74) is 1.68. The minimum Gasteiger partial charge on any atom is -0.495 e. The van der Waals surface area contributed by atoms with Crippen LogP contribution in [0.5, 0.6) is 17.2 Å². The average molecular weight is 443 g/mol. The Balaban J connectivity index is 1.75. The number of thioether (sulfide) groups is 1. The molecule has 2 aromatic carbocycles.